The highest BCUT2D eigenvalue weighted by Gasteiger charge is 2.39. The van der Waals surface area contributed by atoms with Crippen LogP contribution >= 0.6 is 0 Å². The summed E-state index contributed by atoms with van der Waals surface area (Å²) in [6, 6.07) is 3.09. The maximum absolute atomic E-state index is 13.2. The van der Waals surface area contributed by atoms with Gasteiger partial charge in [-0.25, -0.2) is 4.98 Å². The number of carbonyl (C=O) groups is 1. The minimum Gasteiger partial charge on any atom is -0.477 e. The zero-order valence-corrected chi connectivity index (χ0v) is 14.9. The lowest BCUT2D eigenvalue weighted by molar-refractivity contribution is -0.0601. The Morgan fingerprint density at radius 1 is 1.36 bits per heavy atom. The molecular formula is C17H22N4O4. The van der Waals surface area contributed by atoms with Crippen LogP contribution in [0.25, 0.3) is 0 Å². The normalized spacial score (nSPS) is 20.6. The first-order valence-corrected chi connectivity index (χ1v) is 8.34. The summed E-state index contributed by atoms with van der Waals surface area (Å²) < 4.78 is 16.6. The summed E-state index contributed by atoms with van der Waals surface area (Å²) in [4.78, 5) is 23.5. The summed E-state index contributed by atoms with van der Waals surface area (Å²) in [6.45, 7) is 8.65. The van der Waals surface area contributed by atoms with Crippen LogP contribution in [0.15, 0.2) is 16.7 Å². The van der Waals surface area contributed by atoms with Crippen LogP contribution < -0.4 is 4.74 Å². The molecule has 3 rings (SSSR count). The smallest absolute Gasteiger partial charge is 0.260 e. The predicted molar refractivity (Wildman–Crippen MR) is 88.4 cm³/mol. The number of ether oxygens (including phenoxy) is 2. The van der Waals surface area contributed by atoms with Crippen molar-refractivity contribution in [3.63, 3.8) is 0 Å². The third kappa shape index (κ3) is 3.48. The summed E-state index contributed by atoms with van der Waals surface area (Å²) in [7, 11) is 0. The predicted octanol–water partition coefficient (Wildman–Crippen LogP) is 2.08. The summed E-state index contributed by atoms with van der Waals surface area (Å²) >= 11 is 0. The van der Waals surface area contributed by atoms with Gasteiger partial charge in [-0.05, 0) is 39.8 Å². The van der Waals surface area contributed by atoms with E-state index in [1.54, 1.807) is 24.0 Å². The van der Waals surface area contributed by atoms with Crippen molar-refractivity contribution in [2.45, 2.75) is 39.8 Å². The molecule has 3 heterocycles. The van der Waals surface area contributed by atoms with Gasteiger partial charge in [-0.15, -0.1) is 0 Å². The summed E-state index contributed by atoms with van der Waals surface area (Å²) in [5.41, 5.74) is 1.21. The van der Waals surface area contributed by atoms with Crippen LogP contribution in [0.5, 0.6) is 5.88 Å². The van der Waals surface area contributed by atoms with E-state index in [-0.39, 0.29) is 12.0 Å². The second-order valence-electron chi connectivity index (χ2n) is 5.94. The van der Waals surface area contributed by atoms with E-state index in [0.29, 0.717) is 42.9 Å². The minimum atomic E-state index is -0.446. The Kier molecular flexibility index (Phi) is 4.98. The Bertz CT molecular complexity index is 761. The Morgan fingerprint density at radius 2 is 2.16 bits per heavy atom. The maximum atomic E-state index is 13.2. The van der Waals surface area contributed by atoms with Gasteiger partial charge in [0.1, 0.15) is 11.6 Å². The summed E-state index contributed by atoms with van der Waals surface area (Å²) in [5.74, 6) is 1.04. The van der Waals surface area contributed by atoms with Crippen molar-refractivity contribution in [2.75, 3.05) is 19.8 Å². The van der Waals surface area contributed by atoms with Crippen LogP contribution in [0.3, 0.4) is 0 Å². The number of aryl methyl sites for hydroxylation is 2. The molecule has 0 N–H and O–H groups in total. The fourth-order valence-corrected chi connectivity index (χ4v) is 2.91. The molecule has 25 heavy (non-hydrogen) atoms. The molecule has 1 amide bonds. The van der Waals surface area contributed by atoms with Crippen molar-refractivity contribution in [1.82, 2.24) is 20.0 Å². The molecule has 2 atom stereocenters. The monoisotopic (exact) mass is 346 g/mol. The fourth-order valence-electron chi connectivity index (χ4n) is 2.91. The number of pyridine rings is 1. The largest absolute Gasteiger partial charge is 0.477 e. The number of rotatable bonds is 4. The van der Waals surface area contributed by atoms with E-state index in [0.717, 1.165) is 5.69 Å². The molecule has 1 aliphatic heterocycles. The van der Waals surface area contributed by atoms with Gasteiger partial charge >= 0.3 is 0 Å². The highest BCUT2D eigenvalue weighted by Crippen LogP contribution is 2.31. The van der Waals surface area contributed by atoms with Crippen LogP contribution in [-0.4, -0.2) is 51.8 Å². The molecule has 0 radical (unpaired) electrons. The van der Waals surface area contributed by atoms with Crippen LogP contribution in [0.4, 0.5) is 0 Å². The van der Waals surface area contributed by atoms with E-state index in [2.05, 4.69) is 15.1 Å². The lowest BCUT2D eigenvalue weighted by Crippen LogP contribution is -2.47. The van der Waals surface area contributed by atoms with Crippen molar-refractivity contribution < 1.29 is 18.8 Å². The molecule has 0 unspecified atom stereocenters. The Hall–Kier alpha value is -2.48. The zero-order valence-electron chi connectivity index (χ0n) is 14.9. The molecule has 0 aliphatic carbocycles. The highest BCUT2D eigenvalue weighted by molar-refractivity contribution is 5.96. The molecule has 134 valence electrons. The highest BCUT2D eigenvalue weighted by atomic mass is 16.5. The first kappa shape index (κ1) is 17.3. The lowest BCUT2D eigenvalue weighted by Gasteiger charge is -2.37. The second kappa shape index (κ2) is 7.18. The molecular weight excluding hydrogens is 324 g/mol. The lowest BCUT2D eigenvalue weighted by atomic mass is 10.1. The van der Waals surface area contributed by atoms with Crippen molar-refractivity contribution >= 4 is 5.91 Å². The first-order chi connectivity index (χ1) is 12.0. The van der Waals surface area contributed by atoms with Crippen LogP contribution in [-0.2, 0) is 4.74 Å². The molecule has 0 saturated carbocycles. The van der Waals surface area contributed by atoms with Gasteiger partial charge < -0.3 is 18.9 Å². The van der Waals surface area contributed by atoms with Crippen molar-refractivity contribution in [2.24, 2.45) is 0 Å². The van der Waals surface area contributed by atoms with Gasteiger partial charge in [0.05, 0.1) is 19.3 Å². The Morgan fingerprint density at radius 3 is 2.84 bits per heavy atom. The minimum absolute atomic E-state index is 0.188. The fraction of sp³-hybridized carbons (Fsp3) is 0.529. The number of hydrogen-bond acceptors (Lipinski definition) is 7. The van der Waals surface area contributed by atoms with E-state index in [9.17, 15) is 4.79 Å². The van der Waals surface area contributed by atoms with E-state index >= 15 is 0 Å². The standard InChI is InChI=1S/C17H22N4O4/c1-5-23-15-13(7-6-10(2)18-15)17(22)21-8-9-24-11(3)14(21)16-19-12(4)20-25-16/h6-7,11,14H,5,8-9H2,1-4H3/t11-,14+/m1/s1. The molecule has 0 spiro atoms. The quantitative estimate of drug-likeness (QED) is 0.837. The van der Waals surface area contributed by atoms with Gasteiger partial charge in [0.25, 0.3) is 11.8 Å². The van der Waals surface area contributed by atoms with Crippen LogP contribution in [0, 0.1) is 13.8 Å². The molecule has 2 aromatic rings. The first-order valence-electron chi connectivity index (χ1n) is 8.34. The number of aromatic nitrogens is 3. The van der Waals surface area contributed by atoms with E-state index < -0.39 is 6.04 Å². The number of amides is 1. The van der Waals surface area contributed by atoms with E-state index in [1.807, 2.05) is 20.8 Å². The van der Waals surface area contributed by atoms with Crippen LogP contribution in [0.1, 0.15) is 47.7 Å². The Labute approximate surface area is 146 Å². The summed E-state index contributed by atoms with van der Waals surface area (Å²) in [5, 5.41) is 3.83. The number of nitrogens with zero attached hydrogens (tertiary/aromatic N) is 4. The number of hydrogen-bond donors (Lipinski definition) is 0. The van der Waals surface area contributed by atoms with Gasteiger partial charge in [0.2, 0.25) is 5.88 Å². The van der Waals surface area contributed by atoms with Crippen molar-refractivity contribution in [3.8, 4) is 5.88 Å². The van der Waals surface area contributed by atoms with Gasteiger partial charge in [0, 0.05) is 12.2 Å². The average Bonchev–Trinajstić information content (AvgIpc) is 3.00. The molecule has 0 bridgehead atoms. The molecule has 8 nitrogen and oxygen atoms in total. The van der Waals surface area contributed by atoms with Gasteiger partial charge in [-0.3, -0.25) is 4.79 Å². The van der Waals surface area contributed by atoms with E-state index in [1.165, 1.54) is 0 Å². The SMILES string of the molecule is CCOc1nc(C)ccc1C(=O)N1CCO[C@H](C)[C@H]1c1nc(C)no1. The topological polar surface area (TPSA) is 90.6 Å². The molecule has 0 aromatic carbocycles. The van der Waals surface area contributed by atoms with Crippen molar-refractivity contribution in [3.05, 3.63) is 35.1 Å². The zero-order chi connectivity index (χ0) is 18.0. The van der Waals surface area contributed by atoms with E-state index in [4.69, 9.17) is 14.0 Å². The maximum Gasteiger partial charge on any atom is 0.260 e. The molecule has 8 heteroatoms. The van der Waals surface area contributed by atoms with Gasteiger partial charge in [-0.2, -0.15) is 4.98 Å². The number of morpholine rings is 1. The van der Waals surface area contributed by atoms with Gasteiger partial charge in [0.15, 0.2) is 5.82 Å². The second-order valence-corrected chi connectivity index (χ2v) is 5.94. The number of carbonyl (C=O) groups excluding carboxylic acids is 1. The van der Waals surface area contributed by atoms with Crippen molar-refractivity contribution in [1.29, 1.82) is 0 Å². The molecule has 1 saturated heterocycles. The Balaban J connectivity index is 1.96. The van der Waals surface area contributed by atoms with Crippen LogP contribution in [0.2, 0.25) is 0 Å². The summed E-state index contributed by atoms with van der Waals surface area (Å²) in [6.07, 6.45) is -0.258. The third-order valence-corrected chi connectivity index (χ3v) is 4.06. The van der Waals surface area contributed by atoms with Gasteiger partial charge in [-0.1, -0.05) is 5.16 Å². The molecule has 1 fully saturated rings. The molecule has 2 aromatic heterocycles. The third-order valence-electron chi connectivity index (χ3n) is 4.06. The molecule has 1 aliphatic rings. The average molecular weight is 346 g/mol.